The van der Waals surface area contributed by atoms with Crippen LogP contribution in [0.15, 0.2) is 42.6 Å². The van der Waals surface area contributed by atoms with Gasteiger partial charge in [0.15, 0.2) is 0 Å². The van der Waals surface area contributed by atoms with Gasteiger partial charge in [-0.1, -0.05) is 12.1 Å². The van der Waals surface area contributed by atoms with E-state index in [9.17, 15) is 9.18 Å². The van der Waals surface area contributed by atoms with Crippen molar-refractivity contribution in [1.82, 2.24) is 9.88 Å². The normalized spacial score (nSPS) is 15.6. The Morgan fingerprint density at radius 2 is 1.91 bits per heavy atom. The second-order valence-electron chi connectivity index (χ2n) is 6.04. The van der Waals surface area contributed by atoms with Gasteiger partial charge in [0, 0.05) is 24.8 Å². The molecule has 0 atom stereocenters. The first kappa shape index (κ1) is 15.5. The molecule has 1 saturated heterocycles. The molecule has 0 aliphatic carbocycles. The van der Waals surface area contributed by atoms with Gasteiger partial charge in [-0.2, -0.15) is 0 Å². The van der Waals surface area contributed by atoms with E-state index in [1.165, 1.54) is 12.1 Å². The number of nitrogens with zero attached hydrogens (tertiary/aromatic N) is 2. The van der Waals surface area contributed by atoms with Crippen LogP contribution in [0.25, 0.3) is 0 Å². The highest BCUT2D eigenvalue weighted by Crippen LogP contribution is 2.23. The molecule has 0 bridgehead atoms. The Bertz CT molecular complexity index is 679. The maximum Gasteiger partial charge on any atom is 0.254 e. The number of likely N-dealkylation sites (tertiary alicyclic amines) is 1. The third-order valence-electron chi connectivity index (χ3n) is 4.37. The molecule has 1 aromatic heterocycles. The third kappa shape index (κ3) is 3.86. The Labute approximate surface area is 135 Å². The molecule has 3 rings (SSSR count). The van der Waals surface area contributed by atoms with E-state index in [1.807, 2.05) is 17.0 Å². The summed E-state index contributed by atoms with van der Waals surface area (Å²) in [7, 11) is 0. The summed E-state index contributed by atoms with van der Waals surface area (Å²) in [4.78, 5) is 18.2. The van der Waals surface area contributed by atoms with E-state index >= 15 is 0 Å². The fourth-order valence-corrected chi connectivity index (χ4v) is 3.06. The summed E-state index contributed by atoms with van der Waals surface area (Å²) in [6.45, 7) is 1.49. The van der Waals surface area contributed by atoms with Crippen LogP contribution < -0.4 is 5.73 Å². The maximum absolute atomic E-state index is 12.9. The first-order valence-corrected chi connectivity index (χ1v) is 7.87. The average Bonchev–Trinajstić information content (AvgIpc) is 2.57. The molecule has 1 aliphatic heterocycles. The van der Waals surface area contributed by atoms with Crippen LogP contribution in [0.1, 0.15) is 28.8 Å². The second-order valence-corrected chi connectivity index (χ2v) is 6.04. The maximum atomic E-state index is 12.9. The Morgan fingerprint density at radius 3 is 2.57 bits per heavy atom. The van der Waals surface area contributed by atoms with Crippen molar-refractivity contribution in [3.05, 3.63) is 59.5 Å². The molecule has 120 valence electrons. The summed E-state index contributed by atoms with van der Waals surface area (Å²) < 4.78 is 12.9. The fourth-order valence-electron chi connectivity index (χ4n) is 3.06. The van der Waals surface area contributed by atoms with Crippen LogP contribution in [0, 0.1) is 11.7 Å². The predicted octanol–water partition coefficient (Wildman–Crippen LogP) is 2.90. The number of benzene rings is 1. The number of anilines is 1. The number of pyridine rings is 1. The topological polar surface area (TPSA) is 59.2 Å². The smallest absolute Gasteiger partial charge is 0.254 e. The van der Waals surface area contributed by atoms with Gasteiger partial charge in [0.05, 0.1) is 0 Å². The average molecular weight is 313 g/mol. The first-order chi connectivity index (χ1) is 11.1. The molecule has 0 spiro atoms. The zero-order chi connectivity index (χ0) is 16.2. The minimum atomic E-state index is -0.203. The number of halogens is 1. The lowest BCUT2D eigenvalue weighted by Gasteiger charge is -2.32. The van der Waals surface area contributed by atoms with E-state index in [4.69, 9.17) is 5.73 Å². The molecule has 23 heavy (non-hydrogen) atoms. The number of rotatable bonds is 3. The monoisotopic (exact) mass is 313 g/mol. The van der Waals surface area contributed by atoms with Gasteiger partial charge < -0.3 is 10.6 Å². The number of amides is 1. The molecule has 1 aromatic carbocycles. The molecule has 2 aromatic rings. The van der Waals surface area contributed by atoms with Gasteiger partial charge in [-0.05, 0) is 55.0 Å². The summed E-state index contributed by atoms with van der Waals surface area (Å²) >= 11 is 0. The molecule has 2 heterocycles. The zero-order valence-electron chi connectivity index (χ0n) is 12.9. The summed E-state index contributed by atoms with van der Waals surface area (Å²) in [6.07, 6.45) is 4.42. The van der Waals surface area contributed by atoms with Crippen molar-refractivity contribution in [2.24, 2.45) is 5.92 Å². The van der Waals surface area contributed by atoms with Gasteiger partial charge in [-0.3, -0.25) is 4.79 Å². The molecule has 0 unspecified atom stereocenters. The minimum absolute atomic E-state index is 0.0133. The highest BCUT2D eigenvalue weighted by atomic mass is 19.1. The molecule has 5 heteroatoms. The van der Waals surface area contributed by atoms with E-state index in [-0.39, 0.29) is 11.7 Å². The second kappa shape index (κ2) is 6.77. The van der Waals surface area contributed by atoms with Crippen LogP contribution in [-0.2, 0) is 6.42 Å². The Hall–Kier alpha value is -2.43. The number of nitrogens with two attached hydrogens (primary N) is 1. The number of nitrogen functional groups attached to an aromatic ring is 1. The minimum Gasteiger partial charge on any atom is -0.384 e. The molecule has 1 amide bonds. The summed E-state index contributed by atoms with van der Waals surface area (Å²) in [6, 6.07) is 10.00. The standard InChI is InChI=1S/C18H20FN3O/c19-16-3-1-13(2-4-16)11-14-6-9-22(10-7-14)18(23)15-5-8-21-17(20)12-15/h1-5,8,12,14H,6-7,9-11H2,(H2,20,21). The SMILES string of the molecule is Nc1cc(C(=O)N2CCC(Cc3ccc(F)cc3)CC2)ccn1. The quantitative estimate of drug-likeness (QED) is 0.948. The molecule has 0 saturated carbocycles. The van der Waals surface area contributed by atoms with Gasteiger partial charge >= 0.3 is 0 Å². The van der Waals surface area contributed by atoms with E-state index < -0.39 is 0 Å². The first-order valence-electron chi connectivity index (χ1n) is 7.87. The van der Waals surface area contributed by atoms with E-state index in [0.717, 1.165) is 37.9 Å². The van der Waals surface area contributed by atoms with Crippen LogP contribution in [0.3, 0.4) is 0 Å². The van der Waals surface area contributed by atoms with Crippen LogP contribution in [-0.4, -0.2) is 28.9 Å². The van der Waals surface area contributed by atoms with Gasteiger partial charge in [-0.25, -0.2) is 9.37 Å². The van der Waals surface area contributed by atoms with E-state index in [0.29, 0.717) is 17.3 Å². The molecule has 0 radical (unpaired) electrons. The highest BCUT2D eigenvalue weighted by molar-refractivity contribution is 5.94. The number of aromatic nitrogens is 1. The lowest BCUT2D eigenvalue weighted by molar-refractivity contribution is 0.0690. The van der Waals surface area contributed by atoms with Crippen LogP contribution >= 0.6 is 0 Å². The van der Waals surface area contributed by atoms with E-state index in [2.05, 4.69) is 4.98 Å². The van der Waals surface area contributed by atoms with Crippen LogP contribution in [0.2, 0.25) is 0 Å². The van der Waals surface area contributed by atoms with Crippen molar-refractivity contribution >= 4 is 11.7 Å². The summed E-state index contributed by atoms with van der Waals surface area (Å²) in [5.74, 6) is 0.708. The van der Waals surface area contributed by atoms with Crippen molar-refractivity contribution in [2.75, 3.05) is 18.8 Å². The highest BCUT2D eigenvalue weighted by Gasteiger charge is 2.23. The van der Waals surface area contributed by atoms with Crippen molar-refractivity contribution in [3.8, 4) is 0 Å². The van der Waals surface area contributed by atoms with Crippen LogP contribution in [0.4, 0.5) is 10.2 Å². The molecule has 2 N–H and O–H groups in total. The number of hydrogen-bond donors (Lipinski definition) is 1. The lowest BCUT2D eigenvalue weighted by Crippen LogP contribution is -2.38. The Kier molecular flexibility index (Phi) is 4.55. The number of carbonyl (C=O) groups is 1. The number of piperidine rings is 1. The molecule has 1 fully saturated rings. The van der Waals surface area contributed by atoms with Gasteiger partial charge in [0.2, 0.25) is 0 Å². The van der Waals surface area contributed by atoms with Gasteiger partial charge in [0.1, 0.15) is 11.6 Å². The molecular weight excluding hydrogens is 293 g/mol. The third-order valence-corrected chi connectivity index (χ3v) is 4.37. The van der Waals surface area contributed by atoms with Crippen molar-refractivity contribution in [2.45, 2.75) is 19.3 Å². The molecule has 4 nitrogen and oxygen atoms in total. The lowest BCUT2D eigenvalue weighted by atomic mass is 9.90. The van der Waals surface area contributed by atoms with Crippen LogP contribution in [0.5, 0.6) is 0 Å². The number of hydrogen-bond acceptors (Lipinski definition) is 3. The summed E-state index contributed by atoms with van der Waals surface area (Å²) in [5.41, 5.74) is 7.38. The zero-order valence-corrected chi connectivity index (χ0v) is 12.9. The van der Waals surface area contributed by atoms with Gasteiger partial charge in [-0.15, -0.1) is 0 Å². The van der Waals surface area contributed by atoms with Crippen molar-refractivity contribution in [3.63, 3.8) is 0 Å². The fraction of sp³-hybridized carbons (Fsp3) is 0.333. The molecular formula is C18H20FN3O. The Balaban J connectivity index is 1.55. The molecule has 1 aliphatic rings. The van der Waals surface area contributed by atoms with Crippen molar-refractivity contribution < 1.29 is 9.18 Å². The predicted molar refractivity (Wildman–Crippen MR) is 87.4 cm³/mol. The van der Waals surface area contributed by atoms with Crippen molar-refractivity contribution in [1.29, 1.82) is 0 Å². The van der Waals surface area contributed by atoms with E-state index in [1.54, 1.807) is 18.3 Å². The largest absolute Gasteiger partial charge is 0.384 e. The number of carbonyl (C=O) groups excluding carboxylic acids is 1. The van der Waals surface area contributed by atoms with Gasteiger partial charge in [0.25, 0.3) is 5.91 Å². The Morgan fingerprint density at radius 1 is 1.22 bits per heavy atom. The summed E-state index contributed by atoms with van der Waals surface area (Å²) in [5, 5.41) is 0.